The molecule has 7 heteroatoms. The van der Waals surface area contributed by atoms with Crippen LogP contribution in [0.15, 0.2) is 48.5 Å². The Balaban J connectivity index is 1.67. The molecule has 0 aliphatic carbocycles. The van der Waals surface area contributed by atoms with Gasteiger partial charge in [0.1, 0.15) is 24.7 Å². The number of carbonyl (C=O) groups is 1. The first-order valence-corrected chi connectivity index (χ1v) is 12.8. The number of rotatable bonds is 9. The average molecular weight is 460 g/mol. The summed E-state index contributed by atoms with van der Waals surface area (Å²) in [6, 6.07) is 15.0. The van der Waals surface area contributed by atoms with E-state index in [9.17, 15) is 18.3 Å². The van der Waals surface area contributed by atoms with Gasteiger partial charge in [0.2, 0.25) is 0 Å². The van der Waals surface area contributed by atoms with Crippen LogP contribution >= 0.6 is 0 Å². The Morgan fingerprint density at radius 1 is 1.19 bits per heavy atom. The highest BCUT2D eigenvalue weighted by Crippen LogP contribution is 2.24. The molecule has 0 bridgehead atoms. The van der Waals surface area contributed by atoms with Crippen LogP contribution in [0.4, 0.5) is 0 Å². The van der Waals surface area contributed by atoms with Gasteiger partial charge in [-0.2, -0.15) is 0 Å². The molecule has 1 saturated heterocycles. The maximum atomic E-state index is 12.1. The minimum Gasteiger partial charge on any atom is -0.491 e. The summed E-state index contributed by atoms with van der Waals surface area (Å²) >= 11 is 0. The Morgan fingerprint density at radius 3 is 2.50 bits per heavy atom. The van der Waals surface area contributed by atoms with Crippen molar-refractivity contribution in [1.29, 1.82) is 0 Å². The molecule has 1 aliphatic rings. The Morgan fingerprint density at radius 2 is 1.91 bits per heavy atom. The second-order valence-electron chi connectivity index (χ2n) is 9.59. The molecule has 0 saturated carbocycles. The average Bonchev–Trinajstić information content (AvgIpc) is 3.11. The first-order valence-electron chi connectivity index (χ1n) is 11.0. The highest BCUT2D eigenvalue weighted by molar-refractivity contribution is 7.91. The molecule has 2 aromatic carbocycles. The van der Waals surface area contributed by atoms with Crippen LogP contribution in [0.3, 0.4) is 0 Å². The van der Waals surface area contributed by atoms with Gasteiger partial charge in [-0.15, -0.1) is 0 Å². The van der Waals surface area contributed by atoms with Crippen molar-refractivity contribution in [2.75, 3.05) is 24.7 Å². The van der Waals surface area contributed by atoms with E-state index in [1.165, 1.54) is 5.56 Å². The Labute approximate surface area is 191 Å². The summed E-state index contributed by atoms with van der Waals surface area (Å²) in [6.07, 6.45) is 0.514. The highest BCUT2D eigenvalue weighted by atomic mass is 32.2. The molecule has 3 rings (SSSR count). The van der Waals surface area contributed by atoms with Gasteiger partial charge in [-0.3, -0.25) is 9.69 Å². The van der Waals surface area contributed by atoms with Gasteiger partial charge in [0, 0.05) is 24.7 Å². The van der Waals surface area contributed by atoms with Gasteiger partial charge in [0.25, 0.3) is 0 Å². The van der Waals surface area contributed by atoms with Gasteiger partial charge in [0.15, 0.2) is 9.84 Å². The topological polar surface area (TPSA) is 83.9 Å². The van der Waals surface area contributed by atoms with Crippen molar-refractivity contribution in [2.45, 2.75) is 51.3 Å². The van der Waals surface area contributed by atoms with Crippen LogP contribution in [-0.4, -0.2) is 61.5 Å². The fraction of sp³-hybridized carbons (Fsp3) is 0.480. The van der Waals surface area contributed by atoms with Crippen LogP contribution in [0.5, 0.6) is 5.75 Å². The predicted molar refractivity (Wildman–Crippen MR) is 126 cm³/mol. The van der Waals surface area contributed by atoms with E-state index in [1.54, 1.807) is 24.3 Å². The highest BCUT2D eigenvalue weighted by Gasteiger charge is 2.33. The summed E-state index contributed by atoms with van der Waals surface area (Å²) in [5, 5.41) is 10.6. The number of nitrogens with zero attached hydrogens (tertiary/aromatic N) is 1. The molecule has 0 aromatic heterocycles. The quantitative estimate of drug-likeness (QED) is 0.580. The standard InChI is InChI=1S/C25H33NO5S/c1-25(2,3)21-9-7-19(8-10-21)14-26(22-11-12-32(29,30)18-22)15-23(28)17-31-24-6-4-5-20(13-24)16-27/h4-10,13,16,22-23,28H,11-12,14-15,17-18H2,1-3H3. The normalized spacial score (nSPS) is 19.1. The molecule has 1 fully saturated rings. The number of sulfone groups is 1. The first kappa shape index (κ1) is 24.4. The zero-order valence-electron chi connectivity index (χ0n) is 19.0. The summed E-state index contributed by atoms with van der Waals surface area (Å²) in [6.45, 7) is 7.41. The summed E-state index contributed by atoms with van der Waals surface area (Å²) < 4.78 is 29.8. The number of aliphatic hydroxyl groups is 1. The smallest absolute Gasteiger partial charge is 0.151 e. The van der Waals surface area contributed by atoms with Crippen molar-refractivity contribution in [3.05, 3.63) is 65.2 Å². The summed E-state index contributed by atoms with van der Waals surface area (Å²) in [5.41, 5.74) is 2.89. The molecular formula is C25H33NO5S. The second-order valence-corrected chi connectivity index (χ2v) is 11.8. The van der Waals surface area contributed by atoms with Crippen LogP contribution in [0.25, 0.3) is 0 Å². The van der Waals surface area contributed by atoms with E-state index in [2.05, 4.69) is 45.0 Å². The van der Waals surface area contributed by atoms with Crippen molar-refractivity contribution in [2.24, 2.45) is 0 Å². The Bertz CT molecular complexity index is 1010. The van der Waals surface area contributed by atoms with Crippen molar-refractivity contribution < 1.29 is 23.1 Å². The fourth-order valence-electron chi connectivity index (χ4n) is 3.94. The summed E-state index contributed by atoms with van der Waals surface area (Å²) in [4.78, 5) is 13.0. The minimum atomic E-state index is -3.05. The van der Waals surface area contributed by atoms with Gasteiger partial charge in [-0.25, -0.2) is 8.42 Å². The van der Waals surface area contributed by atoms with E-state index < -0.39 is 15.9 Å². The second kappa shape index (κ2) is 10.1. The molecule has 1 aliphatic heterocycles. The third-order valence-electron chi connectivity index (χ3n) is 5.81. The van der Waals surface area contributed by atoms with Crippen molar-refractivity contribution in [3.8, 4) is 5.75 Å². The number of aliphatic hydroxyl groups excluding tert-OH is 1. The van der Waals surface area contributed by atoms with E-state index in [0.717, 1.165) is 11.8 Å². The lowest BCUT2D eigenvalue weighted by Gasteiger charge is -2.30. The molecule has 32 heavy (non-hydrogen) atoms. The van der Waals surface area contributed by atoms with Crippen LogP contribution in [0.2, 0.25) is 0 Å². The third-order valence-corrected chi connectivity index (χ3v) is 7.56. The zero-order chi connectivity index (χ0) is 23.4. The SMILES string of the molecule is CC(C)(C)c1ccc(CN(CC(O)COc2cccc(C=O)c2)C2CCS(=O)(=O)C2)cc1. The van der Waals surface area contributed by atoms with E-state index >= 15 is 0 Å². The third kappa shape index (κ3) is 6.89. The number of carbonyl (C=O) groups excluding carboxylic acids is 1. The van der Waals surface area contributed by atoms with Gasteiger partial charge in [-0.05, 0) is 35.1 Å². The lowest BCUT2D eigenvalue weighted by molar-refractivity contribution is 0.0524. The molecule has 1 N–H and O–H groups in total. The number of hydrogen-bond donors (Lipinski definition) is 1. The monoisotopic (exact) mass is 459 g/mol. The van der Waals surface area contributed by atoms with Gasteiger partial charge < -0.3 is 9.84 Å². The Hall–Kier alpha value is -2.22. The lowest BCUT2D eigenvalue weighted by Crippen LogP contribution is -2.42. The van der Waals surface area contributed by atoms with Crippen molar-refractivity contribution in [1.82, 2.24) is 4.90 Å². The molecule has 0 radical (unpaired) electrons. The lowest BCUT2D eigenvalue weighted by atomic mass is 9.86. The number of ether oxygens (including phenoxy) is 1. The number of aldehydes is 1. The summed E-state index contributed by atoms with van der Waals surface area (Å²) in [7, 11) is -3.05. The Kier molecular flexibility index (Phi) is 7.75. The molecular weight excluding hydrogens is 426 g/mol. The van der Waals surface area contributed by atoms with E-state index in [-0.39, 0.29) is 29.6 Å². The van der Waals surface area contributed by atoms with Crippen molar-refractivity contribution in [3.63, 3.8) is 0 Å². The molecule has 0 amide bonds. The largest absolute Gasteiger partial charge is 0.491 e. The maximum absolute atomic E-state index is 12.1. The fourth-order valence-corrected chi connectivity index (χ4v) is 5.71. The van der Waals surface area contributed by atoms with Gasteiger partial charge in [0.05, 0.1) is 11.5 Å². The maximum Gasteiger partial charge on any atom is 0.151 e. The molecule has 2 aromatic rings. The van der Waals surface area contributed by atoms with Gasteiger partial charge >= 0.3 is 0 Å². The zero-order valence-corrected chi connectivity index (χ0v) is 19.8. The van der Waals surface area contributed by atoms with Gasteiger partial charge in [-0.1, -0.05) is 57.2 Å². The van der Waals surface area contributed by atoms with Crippen molar-refractivity contribution >= 4 is 16.1 Å². The molecule has 1 heterocycles. The molecule has 174 valence electrons. The first-order chi connectivity index (χ1) is 15.1. The summed E-state index contributed by atoms with van der Waals surface area (Å²) in [5.74, 6) is 0.811. The van der Waals surface area contributed by atoms with E-state index in [0.29, 0.717) is 30.8 Å². The number of hydrogen-bond acceptors (Lipinski definition) is 6. The predicted octanol–water partition coefficient (Wildman–Crippen LogP) is 3.23. The molecule has 0 spiro atoms. The minimum absolute atomic E-state index is 0.0568. The molecule has 2 unspecified atom stereocenters. The van der Waals surface area contributed by atoms with Crippen LogP contribution in [0.1, 0.15) is 48.7 Å². The number of benzene rings is 2. The van der Waals surface area contributed by atoms with Crippen LogP contribution < -0.4 is 4.74 Å². The van der Waals surface area contributed by atoms with E-state index in [1.807, 2.05) is 4.90 Å². The van der Waals surface area contributed by atoms with Crippen LogP contribution in [0, 0.1) is 0 Å². The van der Waals surface area contributed by atoms with Crippen LogP contribution in [-0.2, 0) is 21.8 Å². The molecule has 6 nitrogen and oxygen atoms in total. The van der Waals surface area contributed by atoms with E-state index in [4.69, 9.17) is 4.74 Å². The molecule has 2 atom stereocenters.